The Morgan fingerprint density at radius 3 is 2.77 bits per heavy atom. The molecule has 2 aliphatic rings. The van der Waals surface area contributed by atoms with Gasteiger partial charge in [0.2, 0.25) is 5.96 Å². The Hall–Kier alpha value is -0.570. The normalized spacial score (nSPS) is 23.3. The summed E-state index contributed by atoms with van der Waals surface area (Å²) in [4.78, 5) is 8.48. The molecular weight excluding hydrogens is 186 g/mol. The molecule has 1 aliphatic heterocycles. The topological polar surface area (TPSA) is 28.0 Å². The van der Waals surface area contributed by atoms with E-state index in [9.17, 15) is 0 Å². The zero-order valence-electron chi connectivity index (χ0n) is 7.62. The number of halogens is 1. The van der Waals surface area contributed by atoms with E-state index in [0.29, 0.717) is 12.0 Å². The number of hydrogen-bond donors (Lipinski definition) is 0. The molecule has 72 valence electrons. The zero-order chi connectivity index (χ0) is 9.10. The lowest BCUT2D eigenvalue weighted by atomic mass is 10.2. The third-order valence-electron chi connectivity index (χ3n) is 2.55. The maximum atomic E-state index is 6.15. The van der Waals surface area contributed by atoms with Crippen LogP contribution in [-0.2, 0) is 0 Å². The van der Waals surface area contributed by atoms with E-state index >= 15 is 0 Å². The van der Waals surface area contributed by atoms with Crippen LogP contribution in [0.4, 0.5) is 0 Å². The van der Waals surface area contributed by atoms with Gasteiger partial charge in [-0.25, -0.2) is 14.4 Å². The Kier molecular flexibility index (Phi) is 2.83. The van der Waals surface area contributed by atoms with Crippen LogP contribution in [0.3, 0.4) is 0 Å². The highest BCUT2D eigenvalue weighted by Gasteiger charge is 2.24. The van der Waals surface area contributed by atoms with Gasteiger partial charge in [-0.3, -0.25) is 0 Å². The van der Waals surface area contributed by atoms with Gasteiger partial charge in [0.1, 0.15) is 0 Å². The van der Waals surface area contributed by atoms with Crippen molar-refractivity contribution in [2.24, 2.45) is 9.98 Å². The SMILES string of the molecule is ClN(C1=NCCC=N1)C1CCCC1. The van der Waals surface area contributed by atoms with Gasteiger partial charge < -0.3 is 0 Å². The summed E-state index contributed by atoms with van der Waals surface area (Å²) in [5.74, 6) is 0.708. The number of guanidine groups is 1. The standard InChI is InChI=1S/C9H14ClN3/c10-13(8-4-1-2-5-8)9-11-6-3-7-12-9/h6,8H,1-5,7H2. The molecule has 0 unspecified atom stereocenters. The first-order valence-corrected chi connectivity index (χ1v) is 5.24. The summed E-state index contributed by atoms with van der Waals surface area (Å²) in [6, 6.07) is 0.454. The maximum Gasteiger partial charge on any atom is 0.235 e. The summed E-state index contributed by atoms with van der Waals surface area (Å²) in [5.41, 5.74) is 0. The van der Waals surface area contributed by atoms with Gasteiger partial charge in [0.15, 0.2) is 0 Å². The van der Waals surface area contributed by atoms with Crippen LogP contribution < -0.4 is 0 Å². The Balaban J connectivity index is 1.98. The van der Waals surface area contributed by atoms with Gasteiger partial charge >= 0.3 is 0 Å². The quantitative estimate of drug-likeness (QED) is 0.596. The summed E-state index contributed by atoms with van der Waals surface area (Å²) >= 11 is 6.15. The largest absolute Gasteiger partial charge is 0.250 e. The highest BCUT2D eigenvalue weighted by atomic mass is 35.5. The molecule has 0 aromatic heterocycles. The molecule has 1 heterocycles. The fourth-order valence-corrected chi connectivity index (χ4v) is 2.12. The fraction of sp³-hybridized carbons (Fsp3) is 0.778. The van der Waals surface area contributed by atoms with Gasteiger partial charge in [-0.05, 0) is 12.8 Å². The van der Waals surface area contributed by atoms with Crippen molar-refractivity contribution in [2.45, 2.75) is 38.1 Å². The first-order chi connectivity index (χ1) is 6.38. The predicted molar refractivity (Wildman–Crippen MR) is 55.4 cm³/mol. The maximum absolute atomic E-state index is 6.15. The van der Waals surface area contributed by atoms with Crippen LogP contribution >= 0.6 is 11.8 Å². The molecule has 0 radical (unpaired) electrons. The van der Waals surface area contributed by atoms with Crippen LogP contribution in [-0.4, -0.2) is 29.2 Å². The van der Waals surface area contributed by atoms with Gasteiger partial charge in [-0.15, -0.1) is 0 Å². The third-order valence-corrected chi connectivity index (χ3v) is 2.98. The Morgan fingerprint density at radius 2 is 2.15 bits per heavy atom. The molecule has 13 heavy (non-hydrogen) atoms. The molecule has 0 amide bonds. The smallest absolute Gasteiger partial charge is 0.235 e. The molecule has 0 atom stereocenters. The molecule has 0 aromatic carbocycles. The number of aliphatic imine (C=N–C) groups is 2. The molecule has 0 N–H and O–H groups in total. The van der Waals surface area contributed by atoms with E-state index in [1.54, 1.807) is 4.42 Å². The molecule has 0 spiro atoms. The molecule has 0 aromatic rings. The van der Waals surface area contributed by atoms with E-state index in [4.69, 9.17) is 11.8 Å². The molecule has 1 fully saturated rings. The Morgan fingerprint density at radius 1 is 1.38 bits per heavy atom. The van der Waals surface area contributed by atoms with E-state index in [0.717, 1.165) is 13.0 Å². The van der Waals surface area contributed by atoms with E-state index in [1.807, 2.05) is 6.21 Å². The lowest BCUT2D eigenvalue weighted by Gasteiger charge is -2.22. The monoisotopic (exact) mass is 199 g/mol. The number of rotatable bonds is 1. The second-order valence-corrected chi connectivity index (χ2v) is 3.90. The molecule has 4 heteroatoms. The number of hydrogen-bond acceptors (Lipinski definition) is 3. The summed E-state index contributed by atoms with van der Waals surface area (Å²) in [6.45, 7) is 0.828. The predicted octanol–water partition coefficient (Wildman–Crippen LogP) is 2.22. The molecule has 2 rings (SSSR count). The van der Waals surface area contributed by atoms with E-state index in [-0.39, 0.29) is 0 Å². The second kappa shape index (κ2) is 4.09. The molecule has 0 bridgehead atoms. The first kappa shape index (κ1) is 9.00. The Bertz CT molecular complexity index is 231. The summed E-state index contributed by atoms with van der Waals surface area (Å²) in [7, 11) is 0. The highest BCUT2D eigenvalue weighted by molar-refractivity contribution is 6.22. The minimum Gasteiger partial charge on any atom is -0.250 e. The van der Waals surface area contributed by atoms with Crippen molar-refractivity contribution >= 4 is 24.0 Å². The average Bonchev–Trinajstić information content (AvgIpc) is 2.71. The lowest BCUT2D eigenvalue weighted by molar-refractivity contribution is 0.466. The van der Waals surface area contributed by atoms with E-state index in [1.165, 1.54) is 25.7 Å². The lowest BCUT2D eigenvalue weighted by Crippen LogP contribution is -2.30. The van der Waals surface area contributed by atoms with Crippen molar-refractivity contribution in [1.82, 2.24) is 4.42 Å². The minimum absolute atomic E-state index is 0.454. The van der Waals surface area contributed by atoms with Gasteiger partial charge in [0, 0.05) is 37.0 Å². The third kappa shape index (κ3) is 2.02. The van der Waals surface area contributed by atoms with Gasteiger partial charge in [0.25, 0.3) is 0 Å². The van der Waals surface area contributed by atoms with Crippen molar-refractivity contribution in [3.63, 3.8) is 0 Å². The van der Waals surface area contributed by atoms with Crippen molar-refractivity contribution in [2.75, 3.05) is 6.54 Å². The van der Waals surface area contributed by atoms with Crippen LogP contribution in [0.5, 0.6) is 0 Å². The van der Waals surface area contributed by atoms with E-state index in [2.05, 4.69) is 9.98 Å². The summed E-state index contributed by atoms with van der Waals surface area (Å²) in [6.07, 6.45) is 7.76. The van der Waals surface area contributed by atoms with Gasteiger partial charge in [-0.2, -0.15) is 0 Å². The van der Waals surface area contributed by atoms with Crippen LogP contribution in [0.15, 0.2) is 9.98 Å². The van der Waals surface area contributed by atoms with Crippen LogP contribution in [0.2, 0.25) is 0 Å². The van der Waals surface area contributed by atoms with Crippen molar-refractivity contribution in [3.05, 3.63) is 0 Å². The second-order valence-electron chi connectivity index (χ2n) is 3.53. The van der Waals surface area contributed by atoms with Crippen LogP contribution in [0.25, 0.3) is 0 Å². The average molecular weight is 200 g/mol. The minimum atomic E-state index is 0.454. The zero-order valence-corrected chi connectivity index (χ0v) is 8.37. The molecule has 3 nitrogen and oxygen atoms in total. The fourth-order valence-electron chi connectivity index (χ4n) is 1.83. The van der Waals surface area contributed by atoms with Crippen molar-refractivity contribution < 1.29 is 0 Å². The molecule has 0 saturated heterocycles. The van der Waals surface area contributed by atoms with E-state index < -0.39 is 0 Å². The Labute approximate surface area is 83.6 Å². The van der Waals surface area contributed by atoms with Gasteiger partial charge in [0.05, 0.1) is 0 Å². The highest BCUT2D eigenvalue weighted by Crippen LogP contribution is 2.25. The molecule has 1 saturated carbocycles. The summed E-state index contributed by atoms with van der Waals surface area (Å²) in [5, 5.41) is 0. The first-order valence-electron chi connectivity index (χ1n) is 4.90. The van der Waals surface area contributed by atoms with Gasteiger partial charge in [-0.1, -0.05) is 12.8 Å². The van der Waals surface area contributed by atoms with Crippen LogP contribution in [0.1, 0.15) is 32.1 Å². The number of nitrogens with zero attached hydrogens (tertiary/aromatic N) is 3. The van der Waals surface area contributed by atoms with Crippen molar-refractivity contribution in [3.8, 4) is 0 Å². The van der Waals surface area contributed by atoms with Crippen LogP contribution in [0, 0.1) is 0 Å². The van der Waals surface area contributed by atoms with Crippen molar-refractivity contribution in [1.29, 1.82) is 0 Å². The summed E-state index contributed by atoms with van der Waals surface area (Å²) < 4.78 is 1.72. The molecule has 1 aliphatic carbocycles. The molecular formula is C9H14ClN3.